The van der Waals surface area contributed by atoms with Crippen molar-refractivity contribution in [3.8, 4) is 11.1 Å². The Balaban J connectivity index is 1.15. The molecule has 16 heteroatoms. The minimum atomic E-state index is -3.20. The highest BCUT2D eigenvalue weighted by Crippen LogP contribution is 2.60. The Bertz CT molecular complexity index is 1890. The fraction of sp³-hybridized carbons (Fsp3) is 0.323. The van der Waals surface area contributed by atoms with E-state index in [1.807, 2.05) is 5.32 Å². The first-order valence-corrected chi connectivity index (χ1v) is 15.4. The van der Waals surface area contributed by atoms with E-state index in [1.165, 1.54) is 46.6 Å². The second kappa shape index (κ2) is 11.8. The molecule has 2 heterocycles. The van der Waals surface area contributed by atoms with Crippen molar-refractivity contribution in [2.75, 3.05) is 13.1 Å². The molecule has 47 heavy (non-hydrogen) atoms. The van der Waals surface area contributed by atoms with Gasteiger partial charge >= 0.3 is 6.09 Å². The number of carbonyl (C=O) groups is 4. The van der Waals surface area contributed by atoms with E-state index in [0.717, 1.165) is 0 Å². The molecule has 5 N–H and O–H groups in total. The number of hydrogen-bond donors (Lipinski definition) is 5. The summed E-state index contributed by atoms with van der Waals surface area (Å²) in [4.78, 5) is 56.0. The van der Waals surface area contributed by atoms with Gasteiger partial charge in [0.15, 0.2) is 0 Å². The Morgan fingerprint density at radius 3 is 2.62 bits per heavy atom. The van der Waals surface area contributed by atoms with Gasteiger partial charge in [0.2, 0.25) is 11.8 Å². The maximum absolute atomic E-state index is 15.0. The molecule has 6 rings (SSSR count). The number of nitrogens with zero attached hydrogens (tertiary/aromatic N) is 4. The SMILES string of the molecule is CC(NC(=O)[C@@H]1C[C@]2(CN=[N+]=[N-])C[C@@H]2N1C(=O)CNC(=O)c1ccc2c(c1)-c1ccccc1C2(F)F)c1cc(C(=N)NC(=O)O)cs1. The molecule has 1 saturated heterocycles. The topological polar surface area (TPSA) is 200 Å². The van der Waals surface area contributed by atoms with E-state index in [-0.39, 0.29) is 47.1 Å². The van der Waals surface area contributed by atoms with Gasteiger partial charge in [-0.1, -0.05) is 35.4 Å². The molecular weight excluding hydrogens is 634 g/mol. The number of alkyl halides is 2. The van der Waals surface area contributed by atoms with Crippen LogP contribution in [0.25, 0.3) is 21.6 Å². The third-order valence-electron chi connectivity index (χ3n) is 8.96. The van der Waals surface area contributed by atoms with Gasteiger partial charge in [-0.25, -0.2) is 4.79 Å². The monoisotopic (exact) mass is 662 g/mol. The zero-order valence-corrected chi connectivity index (χ0v) is 25.6. The molecule has 13 nitrogen and oxygen atoms in total. The minimum Gasteiger partial charge on any atom is -0.465 e. The van der Waals surface area contributed by atoms with Crippen LogP contribution in [0.5, 0.6) is 0 Å². The number of halogens is 2. The number of piperidine rings is 1. The summed E-state index contributed by atoms with van der Waals surface area (Å²) in [5.74, 6) is -5.14. The summed E-state index contributed by atoms with van der Waals surface area (Å²) in [5, 5.41) is 29.4. The van der Waals surface area contributed by atoms with Crippen LogP contribution in [0.1, 0.15) is 57.7 Å². The Labute approximate surface area is 270 Å². The van der Waals surface area contributed by atoms with E-state index in [4.69, 9.17) is 16.0 Å². The first kappa shape index (κ1) is 31.6. The maximum atomic E-state index is 15.0. The molecule has 4 atom stereocenters. The molecule has 2 aliphatic carbocycles. The molecule has 2 aromatic carbocycles. The summed E-state index contributed by atoms with van der Waals surface area (Å²) in [5.41, 5.74) is 8.99. The molecule has 2 fully saturated rings. The number of fused-ring (bicyclic) bond motifs is 4. The predicted octanol–water partition coefficient (Wildman–Crippen LogP) is 4.74. The van der Waals surface area contributed by atoms with Crippen molar-refractivity contribution in [1.82, 2.24) is 20.9 Å². The summed E-state index contributed by atoms with van der Waals surface area (Å²) in [6.07, 6.45) is -0.602. The summed E-state index contributed by atoms with van der Waals surface area (Å²) >= 11 is 1.22. The molecule has 1 saturated carbocycles. The van der Waals surface area contributed by atoms with E-state index in [2.05, 4.69) is 20.7 Å². The van der Waals surface area contributed by atoms with E-state index in [0.29, 0.717) is 22.4 Å². The Hall–Kier alpha value is -5.34. The number of hydrogen-bond acceptors (Lipinski definition) is 7. The van der Waals surface area contributed by atoms with Crippen LogP contribution in [0.4, 0.5) is 13.6 Å². The lowest BCUT2D eigenvalue weighted by Gasteiger charge is -2.28. The van der Waals surface area contributed by atoms with Gasteiger partial charge in [0, 0.05) is 55.4 Å². The molecule has 0 spiro atoms. The number of likely N-dealkylation sites (tertiary alicyclic amines) is 1. The lowest BCUT2D eigenvalue weighted by Crippen LogP contribution is -2.51. The molecule has 3 aliphatic rings. The zero-order valence-electron chi connectivity index (χ0n) is 24.8. The number of amides is 4. The van der Waals surface area contributed by atoms with Gasteiger partial charge in [-0.2, -0.15) is 8.78 Å². The van der Waals surface area contributed by atoms with Crippen LogP contribution in [-0.4, -0.2) is 64.8 Å². The maximum Gasteiger partial charge on any atom is 0.410 e. The summed E-state index contributed by atoms with van der Waals surface area (Å²) in [7, 11) is 0. The van der Waals surface area contributed by atoms with Gasteiger partial charge in [0.25, 0.3) is 11.8 Å². The second-order valence-electron chi connectivity index (χ2n) is 11.8. The second-order valence-corrected chi connectivity index (χ2v) is 12.8. The van der Waals surface area contributed by atoms with Crippen LogP contribution in [-0.2, 0) is 15.5 Å². The molecule has 3 aromatic rings. The highest BCUT2D eigenvalue weighted by molar-refractivity contribution is 7.10. The lowest BCUT2D eigenvalue weighted by molar-refractivity contribution is -0.139. The molecule has 4 amide bonds. The normalized spacial score (nSPS) is 21.7. The standard InChI is InChI=1S/C31H28F2N8O5S/c1-15(23-9-17(13-47-23)26(34)39-29(45)46)38-28(44)22-10-30(14-37-40-35)11-24(30)41(22)25(42)12-36-27(43)16-6-7-21-19(8-16)18-4-2-3-5-20(18)31(21,32)33/h2-9,13,15,22,24H,10-12,14H2,1H3,(H2,34,39)(H,36,43)(H,38,44)(H,45,46)/t15?,22-,24-,30+/m0/s1. The van der Waals surface area contributed by atoms with Gasteiger partial charge < -0.3 is 20.6 Å². The van der Waals surface area contributed by atoms with Crippen molar-refractivity contribution in [3.63, 3.8) is 0 Å². The van der Waals surface area contributed by atoms with Crippen LogP contribution in [0.2, 0.25) is 0 Å². The Morgan fingerprint density at radius 1 is 1.13 bits per heavy atom. The molecule has 1 unspecified atom stereocenters. The number of amidine groups is 1. The highest BCUT2D eigenvalue weighted by atomic mass is 32.1. The van der Waals surface area contributed by atoms with Gasteiger partial charge in [-0.05, 0) is 54.6 Å². The van der Waals surface area contributed by atoms with Crippen LogP contribution in [0.3, 0.4) is 0 Å². The Kier molecular flexibility index (Phi) is 7.93. The van der Waals surface area contributed by atoms with Crippen molar-refractivity contribution >= 4 is 41.0 Å². The van der Waals surface area contributed by atoms with E-state index >= 15 is 0 Å². The lowest BCUT2D eigenvalue weighted by atomic mass is 9.99. The average molecular weight is 663 g/mol. The molecule has 242 valence electrons. The van der Waals surface area contributed by atoms with Crippen molar-refractivity contribution < 1.29 is 33.1 Å². The van der Waals surface area contributed by atoms with Crippen molar-refractivity contribution in [2.24, 2.45) is 10.5 Å². The smallest absolute Gasteiger partial charge is 0.410 e. The first-order valence-electron chi connectivity index (χ1n) is 14.6. The third-order valence-corrected chi connectivity index (χ3v) is 10.1. The van der Waals surface area contributed by atoms with E-state index in [1.54, 1.807) is 30.5 Å². The largest absolute Gasteiger partial charge is 0.465 e. The van der Waals surface area contributed by atoms with Crippen molar-refractivity contribution in [2.45, 2.75) is 43.8 Å². The number of carboxylic acid groups (broad SMARTS) is 1. The third kappa shape index (κ3) is 5.66. The van der Waals surface area contributed by atoms with Crippen molar-refractivity contribution in [3.05, 3.63) is 91.5 Å². The van der Waals surface area contributed by atoms with Crippen LogP contribution in [0.15, 0.2) is 59.0 Å². The fourth-order valence-corrected chi connectivity index (χ4v) is 7.46. The quantitative estimate of drug-likeness (QED) is 0.0723. The number of benzene rings is 2. The minimum absolute atomic E-state index is 0.0951. The van der Waals surface area contributed by atoms with Crippen molar-refractivity contribution in [1.29, 1.82) is 5.41 Å². The van der Waals surface area contributed by atoms with Crippen LogP contribution >= 0.6 is 11.3 Å². The average Bonchev–Trinajstić information content (AvgIpc) is 3.32. The number of rotatable bonds is 9. The fourth-order valence-electron chi connectivity index (χ4n) is 6.55. The number of thiophene rings is 1. The molecule has 1 aliphatic heterocycles. The number of carbonyl (C=O) groups excluding carboxylic acids is 3. The summed E-state index contributed by atoms with van der Waals surface area (Å²) < 4.78 is 29.9. The molecular formula is C31H28F2N8O5S. The summed E-state index contributed by atoms with van der Waals surface area (Å²) in [6.45, 7) is 1.35. The highest BCUT2D eigenvalue weighted by Gasteiger charge is 2.66. The van der Waals surface area contributed by atoms with E-state index in [9.17, 15) is 28.0 Å². The predicted molar refractivity (Wildman–Crippen MR) is 166 cm³/mol. The van der Waals surface area contributed by atoms with Crippen LogP contribution in [0, 0.1) is 10.8 Å². The molecule has 1 aromatic heterocycles. The van der Waals surface area contributed by atoms with Gasteiger partial charge in [0.05, 0.1) is 12.6 Å². The Morgan fingerprint density at radius 2 is 1.87 bits per heavy atom. The van der Waals surface area contributed by atoms with Gasteiger partial charge in [-0.15, -0.1) is 11.3 Å². The summed E-state index contributed by atoms with van der Waals surface area (Å²) in [6, 6.07) is 9.70. The van der Waals surface area contributed by atoms with Gasteiger partial charge in [-0.3, -0.25) is 25.1 Å². The number of azide groups is 1. The van der Waals surface area contributed by atoms with Crippen LogP contribution < -0.4 is 16.0 Å². The molecule has 0 radical (unpaired) electrons. The number of nitrogens with one attached hydrogen (secondary N) is 4. The first-order chi connectivity index (χ1) is 22.4. The zero-order chi connectivity index (χ0) is 33.7. The molecule has 0 bridgehead atoms. The van der Waals surface area contributed by atoms with Gasteiger partial charge in [0.1, 0.15) is 11.9 Å². The van der Waals surface area contributed by atoms with E-state index < -0.39 is 53.8 Å².